The van der Waals surface area contributed by atoms with E-state index in [0.29, 0.717) is 17.8 Å². The summed E-state index contributed by atoms with van der Waals surface area (Å²) >= 11 is 0. The fourth-order valence-electron chi connectivity index (χ4n) is 7.37. The fourth-order valence-corrected chi connectivity index (χ4v) is 7.37. The summed E-state index contributed by atoms with van der Waals surface area (Å²) in [6, 6.07) is 0. The highest BCUT2D eigenvalue weighted by atomic mass is 16.5. The van der Waals surface area contributed by atoms with Gasteiger partial charge in [-0.25, -0.2) is 0 Å². The van der Waals surface area contributed by atoms with Crippen LogP contribution in [0.4, 0.5) is 0 Å². The lowest BCUT2D eigenvalue weighted by molar-refractivity contribution is -0.151. The second-order valence-corrected chi connectivity index (χ2v) is 9.75. The highest BCUT2D eigenvalue weighted by Crippen LogP contribution is 2.66. The van der Waals surface area contributed by atoms with Crippen LogP contribution >= 0.6 is 0 Å². The molecule has 3 fully saturated rings. The Labute approximate surface area is 156 Å². The Morgan fingerprint density at radius 2 is 1.88 bits per heavy atom. The van der Waals surface area contributed by atoms with Gasteiger partial charge in [0.15, 0.2) is 0 Å². The Balaban J connectivity index is 1.59. The molecule has 26 heavy (non-hydrogen) atoms. The zero-order valence-electron chi connectivity index (χ0n) is 16.3. The summed E-state index contributed by atoms with van der Waals surface area (Å²) in [6.45, 7) is 6.17. The largest absolute Gasteiger partial charge is 0.481 e. The molecule has 4 rings (SSSR count). The molecule has 4 aliphatic carbocycles. The minimum atomic E-state index is -0.589. The first-order chi connectivity index (χ1) is 12.3. The molecule has 0 heterocycles. The molecule has 0 saturated heterocycles. The molecular weight excluding hydrogens is 328 g/mol. The standard InChI is InChI=1S/C22H32O4/c1-13(23)26-15-8-10-21(2)14(12-15)4-5-16-17-6-7-19(20(24)25)22(17,3)11-9-18(16)21/h4,15-19H,5-12H2,1-3H3,(H,24,25)/t15?,16-,17-,18-,19+,21-,22-/m0/s1. The Morgan fingerprint density at radius 3 is 2.58 bits per heavy atom. The van der Waals surface area contributed by atoms with E-state index in [1.54, 1.807) is 0 Å². The minimum absolute atomic E-state index is 0.0242. The number of hydrogen-bond acceptors (Lipinski definition) is 3. The number of fused-ring (bicyclic) bond motifs is 5. The van der Waals surface area contributed by atoms with Crippen molar-refractivity contribution in [3.63, 3.8) is 0 Å². The summed E-state index contributed by atoms with van der Waals surface area (Å²) in [5.41, 5.74) is 1.68. The number of carbonyl (C=O) groups is 2. The van der Waals surface area contributed by atoms with Crippen LogP contribution in [0.15, 0.2) is 11.6 Å². The van der Waals surface area contributed by atoms with E-state index in [4.69, 9.17) is 4.74 Å². The van der Waals surface area contributed by atoms with Crippen molar-refractivity contribution in [2.24, 2.45) is 34.5 Å². The third-order valence-corrected chi connectivity index (χ3v) is 8.69. The number of rotatable bonds is 2. The summed E-state index contributed by atoms with van der Waals surface area (Å²) < 4.78 is 5.50. The summed E-state index contributed by atoms with van der Waals surface area (Å²) in [4.78, 5) is 23.1. The number of carboxylic acids is 1. The van der Waals surface area contributed by atoms with Crippen LogP contribution in [0.3, 0.4) is 0 Å². The molecule has 0 aromatic carbocycles. The van der Waals surface area contributed by atoms with E-state index in [1.165, 1.54) is 12.5 Å². The maximum absolute atomic E-state index is 11.8. The Morgan fingerprint density at radius 1 is 1.12 bits per heavy atom. The second-order valence-electron chi connectivity index (χ2n) is 9.75. The Kier molecular flexibility index (Phi) is 4.24. The molecule has 1 unspecified atom stereocenters. The van der Waals surface area contributed by atoms with Crippen LogP contribution < -0.4 is 0 Å². The van der Waals surface area contributed by atoms with Crippen LogP contribution in [-0.4, -0.2) is 23.1 Å². The van der Waals surface area contributed by atoms with E-state index in [2.05, 4.69) is 19.9 Å². The van der Waals surface area contributed by atoms with E-state index in [-0.39, 0.29) is 28.8 Å². The van der Waals surface area contributed by atoms with Gasteiger partial charge in [-0.1, -0.05) is 25.5 Å². The van der Waals surface area contributed by atoms with Gasteiger partial charge in [0.2, 0.25) is 0 Å². The van der Waals surface area contributed by atoms with Gasteiger partial charge in [-0.15, -0.1) is 0 Å². The van der Waals surface area contributed by atoms with E-state index in [9.17, 15) is 14.7 Å². The average molecular weight is 360 g/mol. The Bertz CT molecular complexity index is 653. The predicted octanol–water partition coefficient (Wildman–Crippen LogP) is 4.58. The average Bonchev–Trinajstić information content (AvgIpc) is 2.92. The normalized spacial score (nSPS) is 47.2. The van der Waals surface area contributed by atoms with Crippen LogP contribution in [-0.2, 0) is 14.3 Å². The zero-order valence-corrected chi connectivity index (χ0v) is 16.3. The van der Waals surface area contributed by atoms with Gasteiger partial charge >= 0.3 is 11.9 Å². The molecule has 0 spiro atoms. The number of aliphatic carboxylic acids is 1. The Hall–Kier alpha value is -1.32. The molecular formula is C22H32O4. The molecule has 0 aromatic heterocycles. The first-order valence-corrected chi connectivity index (χ1v) is 10.4. The lowest BCUT2D eigenvalue weighted by Gasteiger charge is -2.57. The lowest BCUT2D eigenvalue weighted by atomic mass is 9.47. The van der Waals surface area contributed by atoms with Crippen molar-refractivity contribution in [2.45, 2.75) is 78.2 Å². The van der Waals surface area contributed by atoms with Crippen LogP contribution in [0.2, 0.25) is 0 Å². The van der Waals surface area contributed by atoms with E-state index < -0.39 is 5.97 Å². The van der Waals surface area contributed by atoms with Crippen molar-refractivity contribution in [3.8, 4) is 0 Å². The van der Waals surface area contributed by atoms with Gasteiger partial charge in [0.1, 0.15) is 6.10 Å². The number of carboxylic acid groups (broad SMARTS) is 1. The monoisotopic (exact) mass is 360 g/mol. The van der Waals surface area contributed by atoms with E-state index in [0.717, 1.165) is 51.4 Å². The molecule has 0 amide bonds. The molecule has 7 atom stereocenters. The van der Waals surface area contributed by atoms with Crippen molar-refractivity contribution >= 4 is 11.9 Å². The topological polar surface area (TPSA) is 63.6 Å². The summed E-state index contributed by atoms with van der Waals surface area (Å²) in [5.74, 6) is 0.901. The number of carbonyl (C=O) groups excluding carboxylic acids is 1. The molecule has 1 N–H and O–H groups in total. The SMILES string of the molecule is CC(=O)OC1CC[C@@]2(C)C(=CC[C@H]3[C@@H]4CC[C@H](C(=O)O)[C@@]4(C)CC[C@@H]32)C1. The summed E-state index contributed by atoms with van der Waals surface area (Å²) in [6.07, 6.45) is 10.6. The smallest absolute Gasteiger partial charge is 0.307 e. The third-order valence-electron chi connectivity index (χ3n) is 8.69. The van der Waals surface area contributed by atoms with Gasteiger partial charge < -0.3 is 9.84 Å². The molecule has 0 radical (unpaired) electrons. The third kappa shape index (κ3) is 2.55. The molecule has 144 valence electrons. The van der Waals surface area contributed by atoms with Gasteiger partial charge in [0, 0.05) is 13.3 Å². The van der Waals surface area contributed by atoms with Gasteiger partial charge in [-0.05, 0) is 73.5 Å². The number of hydrogen-bond donors (Lipinski definition) is 1. The van der Waals surface area contributed by atoms with Crippen molar-refractivity contribution in [1.29, 1.82) is 0 Å². The second kappa shape index (κ2) is 6.10. The number of allylic oxidation sites excluding steroid dienone is 1. The van der Waals surface area contributed by atoms with Gasteiger partial charge in [0.05, 0.1) is 5.92 Å². The molecule has 4 nitrogen and oxygen atoms in total. The molecule has 4 heteroatoms. The summed E-state index contributed by atoms with van der Waals surface area (Å²) in [5, 5.41) is 9.70. The zero-order chi connectivity index (χ0) is 18.7. The first-order valence-electron chi connectivity index (χ1n) is 10.4. The van der Waals surface area contributed by atoms with Crippen molar-refractivity contribution in [2.75, 3.05) is 0 Å². The highest BCUT2D eigenvalue weighted by molar-refractivity contribution is 5.71. The first kappa shape index (κ1) is 18.1. The van der Waals surface area contributed by atoms with Crippen LogP contribution in [0.1, 0.15) is 72.1 Å². The van der Waals surface area contributed by atoms with Gasteiger partial charge in [-0.3, -0.25) is 9.59 Å². The fraction of sp³-hybridized carbons (Fsp3) is 0.818. The molecule has 4 aliphatic rings. The number of ether oxygens (including phenoxy) is 1. The maximum Gasteiger partial charge on any atom is 0.307 e. The molecule has 0 aromatic rings. The number of esters is 1. The van der Waals surface area contributed by atoms with Crippen molar-refractivity contribution in [3.05, 3.63) is 11.6 Å². The summed E-state index contributed by atoms with van der Waals surface area (Å²) in [7, 11) is 0. The van der Waals surface area contributed by atoms with Crippen molar-refractivity contribution in [1.82, 2.24) is 0 Å². The van der Waals surface area contributed by atoms with Crippen LogP contribution in [0, 0.1) is 34.5 Å². The van der Waals surface area contributed by atoms with Crippen molar-refractivity contribution < 1.29 is 19.4 Å². The lowest BCUT2D eigenvalue weighted by Crippen LogP contribution is -2.51. The van der Waals surface area contributed by atoms with Crippen LogP contribution in [0.5, 0.6) is 0 Å². The van der Waals surface area contributed by atoms with Gasteiger partial charge in [-0.2, -0.15) is 0 Å². The minimum Gasteiger partial charge on any atom is -0.481 e. The molecule has 3 saturated carbocycles. The predicted molar refractivity (Wildman–Crippen MR) is 98.4 cm³/mol. The molecule has 0 bridgehead atoms. The maximum atomic E-state index is 11.8. The van der Waals surface area contributed by atoms with Gasteiger partial charge in [0.25, 0.3) is 0 Å². The van der Waals surface area contributed by atoms with E-state index in [1.807, 2.05) is 0 Å². The van der Waals surface area contributed by atoms with E-state index >= 15 is 0 Å². The van der Waals surface area contributed by atoms with Crippen LogP contribution in [0.25, 0.3) is 0 Å². The molecule has 0 aliphatic heterocycles. The quantitative estimate of drug-likeness (QED) is 0.578. The highest BCUT2D eigenvalue weighted by Gasteiger charge is 2.60.